The molecule has 108 valence electrons. The maximum Gasteiger partial charge on any atom is 0.222 e. The molecule has 1 aromatic rings. The molecule has 0 fully saturated rings. The van der Waals surface area contributed by atoms with E-state index in [1.54, 1.807) is 0 Å². The fourth-order valence-corrected chi connectivity index (χ4v) is 1.55. The second kappa shape index (κ2) is 6.73. The Morgan fingerprint density at radius 1 is 1.16 bits per heavy atom. The van der Waals surface area contributed by atoms with Crippen LogP contribution in [0.1, 0.15) is 58.8 Å². The van der Waals surface area contributed by atoms with E-state index in [1.807, 2.05) is 6.92 Å². The Morgan fingerprint density at radius 3 is 2.37 bits per heavy atom. The first-order valence-corrected chi connectivity index (χ1v) is 7.23. The van der Waals surface area contributed by atoms with Crippen LogP contribution in [0.4, 0.5) is 5.82 Å². The van der Waals surface area contributed by atoms with Gasteiger partial charge in [0.1, 0.15) is 17.2 Å². The maximum absolute atomic E-state index is 6.05. The molecule has 0 unspecified atom stereocenters. The Kier molecular flexibility index (Phi) is 5.58. The molecule has 0 saturated heterocycles. The highest BCUT2D eigenvalue weighted by Crippen LogP contribution is 2.27. The lowest BCUT2D eigenvalue weighted by Crippen LogP contribution is -2.28. The Hall–Kier alpha value is -1.32. The number of nitrogens with zero attached hydrogens (tertiary/aromatic N) is 2. The second-order valence-corrected chi connectivity index (χ2v) is 5.41. The molecule has 0 aliphatic carbocycles. The lowest BCUT2D eigenvalue weighted by atomic mass is 10.1. The van der Waals surface area contributed by atoms with Crippen LogP contribution in [-0.2, 0) is 6.42 Å². The van der Waals surface area contributed by atoms with E-state index in [0.717, 1.165) is 43.0 Å². The molecule has 4 nitrogen and oxygen atoms in total. The van der Waals surface area contributed by atoms with Crippen LogP contribution < -0.4 is 10.1 Å². The van der Waals surface area contributed by atoms with Crippen LogP contribution in [0, 0.1) is 6.92 Å². The van der Waals surface area contributed by atoms with Crippen LogP contribution >= 0.6 is 0 Å². The topological polar surface area (TPSA) is 47.0 Å². The zero-order valence-corrected chi connectivity index (χ0v) is 13.1. The SMILES string of the molecule is CCCNc1nc(CC)nc(OC(C)(C)CC)c1C. The predicted molar refractivity (Wildman–Crippen MR) is 79.9 cm³/mol. The minimum absolute atomic E-state index is 0.202. The van der Waals surface area contributed by atoms with Crippen molar-refractivity contribution in [1.29, 1.82) is 0 Å². The van der Waals surface area contributed by atoms with Crippen molar-refractivity contribution in [3.05, 3.63) is 11.4 Å². The first kappa shape index (κ1) is 15.7. The lowest BCUT2D eigenvalue weighted by Gasteiger charge is -2.25. The van der Waals surface area contributed by atoms with E-state index in [-0.39, 0.29) is 5.60 Å². The van der Waals surface area contributed by atoms with Crippen molar-refractivity contribution in [3.63, 3.8) is 0 Å². The average Bonchev–Trinajstić information content (AvgIpc) is 2.39. The molecule has 0 spiro atoms. The van der Waals surface area contributed by atoms with Crippen molar-refractivity contribution in [2.24, 2.45) is 0 Å². The zero-order valence-electron chi connectivity index (χ0n) is 13.1. The van der Waals surface area contributed by atoms with Gasteiger partial charge in [0.25, 0.3) is 0 Å². The summed E-state index contributed by atoms with van der Waals surface area (Å²) in [5.74, 6) is 2.43. The molecule has 1 rings (SSSR count). The Morgan fingerprint density at radius 2 is 1.84 bits per heavy atom. The van der Waals surface area contributed by atoms with Crippen molar-refractivity contribution in [2.45, 2.75) is 66.4 Å². The van der Waals surface area contributed by atoms with Gasteiger partial charge in [0.05, 0.1) is 5.56 Å². The quantitative estimate of drug-likeness (QED) is 0.816. The third kappa shape index (κ3) is 4.37. The molecule has 0 atom stereocenters. The molecule has 0 saturated carbocycles. The Balaban J connectivity index is 3.08. The summed E-state index contributed by atoms with van der Waals surface area (Å²) in [5, 5.41) is 3.35. The first-order chi connectivity index (χ1) is 8.93. The maximum atomic E-state index is 6.05. The Bertz CT molecular complexity index is 416. The summed E-state index contributed by atoms with van der Waals surface area (Å²) >= 11 is 0. The predicted octanol–water partition coefficient (Wildman–Crippen LogP) is 3.74. The van der Waals surface area contributed by atoms with Crippen LogP contribution in [0.5, 0.6) is 5.88 Å². The average molecular weight is 265 g/mol. The fraction of sp³-hybridized carbons (Fsp3) is 0.733. The molecule has 0 aliphatic heterocycles. The molecule has 0 radical (unpaired) electrons. The van der Waals surface area contributed by atoms with Gasteiger partial charge in [0.2, 0.25) is 5.88 Å². The normalized spacial score (nSPS) is 11.5. The van der Waals surface area contributed by atoms with Gasteiger partial charge in [0.15, 0.2) is 0 Å². The highest BCUT2D eigenvalue weighted by Gasteiger charge is 2.21. The number of aromatic nitrogens is 2. The standard InChI is InChI=1S/C15H27N3O/c1-7-10-16-13-11(4)14(18-12(8-2)17-13)19-15(5,6)9-3/h7-10H2,1-6H3,(H,16,17,18). The minimum atomic E-state index is -0.202. The largest absolute Gasteiger partial charge is 0.471 e. The third-order valence-corrected chi connectivity index (χ3v) is 3.23. The second-order valence-electron chi connectivity index (χ2n) is 5.41. The molecule has 19 heavy (non-hydrogen) atoms. The van der Waals surface area contributed by atoms with Gasteiger partial charge in [0, 0.05) is 13.0 Å². The third-order valence-electron chi connectivity index (χ3n) is 3.23. The molecule has 4 heteroatoms. The molecule has 0 aliphatic rings. The molecule has 1 N–H and O–H groups in total. The molecule has 0 amide bonds. The van der Waals surface area contributed by atoms with E-state index < -0.39 is 0 Å². The number of aryl methyl sites for hydroxylation is 1. The molecular weight excluding hydrogens is 238 g/mol. The Labute approximate surface area is 117 Å². The summed E-state index contributed by atoms with van der Waals surface area (Å²) in [6.07, 6.45) is 2.82. The zero-order chi connectivity index (χ0) is 14.5. The summed E-state index contributed by atoms with van der Waals surface area (Å²) in [6.45, 7) is 13.4. The van der Waals surface area contributed by atoms with E-state index in [0.29, 0.717) is 5.88 Å². The molecule has 1 heterocycles. The number of hydrogen-bond donors (Lipinski definition) is 1. The van der Waals surface area contributed by atoms with Crippen LogP contribution in [0.15, 0.2) is 0 Å². The number of anilines is 1. The van der Waals surface area contributed by atoms with Gasteiger partial charge < -0.3 is 10.1 Å². The van der Waals surface area contributed by atoms with E-state index >= 15 is 0 Å². The van der Waals surface area contributed by atoms with Crippen molar-refractivity contribution in [1.82, 2.24) is 9.97 Å². The van der Waals surface area contributed by atoms with Crippen molar-refractivity contribution >= 4 is 5.82 Å². The van der Waals surface area contributed by atoms with Crippen LogP contribution in [0.25, 0.3) is 0 Å². The minimum Gasteiger partial charge on any atom is -0.471 e. The van der Waals surface area contributed by atoms with Crippen LogP contribution in [0.2, 0.25) is 0 Å². The van der Waals surface area contributed by atoms with Gasteiger partial charge in [-0.1, -0.05) is 20.8 Å². The van der Waals surface area contributed by atoms with Gasteiger partial charge >= 0.3 is 0 Å². The van der Waals surface area contributed by atoms with Gasteiger partial charge in [-0.2, -0.15) is 4.98 Å². The smallest absolute Gasteiger partial charge is 0.222 e. The van der Waals surface area contributed by atoms with Crippen molar-refractivity contribution < 1.29 is 4.74 Å². The van der Waals surface area contributed by atoms with Gasteiger partial charge in [-0.25, -0.2) is 4.98 Å². The van der Waals surface area contributed by atoms with Gasteiger partial charge in [-0.15, -0.1) is 0 Å². The summed E-state index contributed by atoms with van der Waals surface area (Å²) in [6, 6.07) is 0. The van der Waals surface area contributed by atoms with E-state index in [4.69, 9.17) is 4.74 Å². The number of nitrogens with one attached hydrogen (secondary N) is 1. The lowest BCUT2D eigenvalue weighted by molar-refractivity contribution is 0.0976. The summed E-state index contributed by atoms with van der Waals surface area (Å²) < 4.78 is 6.05. The summed E-state index contributed by atoms with van der Waals surface area (Å²) in [4.78, 5) is 9.06. The molecule has 1 aromatic heterocycles. The van der Waals surface area contributed by atoms with Crippen LogP contribution in [0.3, 0.4) is 0 Å². The highest BCUT2D eigenvalue weighted by atomic mass is 16.5. The molecule has 0 bridgehead atoms. The van der Waals surface area contributed by atoms with Gasteiger partial charge in [-0.05, 0) is 33.6 Å². The number of ether oxygens (including phenoxy) is 1. The number of rotatable bonds is 7. The van der Waals surface area contributed by atoms with E-state index in [1.165, 1.54) is 0 Å². The fourth-order valence-electron chi connectivity index (χ4n) is 1.55. The molecular formula is C15H27N3O. The monoisotopic (exact) mass is 265 g/mol. The summed E-state index contributed by atoms with van der Waals surface area (Å²) in [5.41, 5.74) is 0.791. The van der Waals surface area contributed by atoms with E-state index in [2.05, 4.69) is 49.9 Å². The molecule has 0 aromatic carbocycles. The highest BCUT2D eigenvalue weighted by molar-refractivity contribution is 5.48. The van der Waals surface area contributed by atoms with Gasteiger partial charge in [-0.3, -0.25) is 0 Å². The van der Waals surface area contributed by atoms with E-state index in [9.17, 15) is 0 Å². The summed E-state index contributed by atoms with van der Waals surface area (Å²) in [7, 11) is 0. The number of hydrogen-bond acceptors (Lipinski definition) is 4. The van der Waals surface area contributed by atoms with Crippen molar-refractivity contribution in [3.8, 4) is 5.88 Å². The first-order valence-electron chi connectivity index (χ1n) is 7.23. The van der Waals surface area contributed by atoms with Crippen molar-refractivity contribution in [2.75, 3.05) is 11.9 Å². The van der Waals surface area contributed by atoms with Crippen LogP contribution in [-0.4, -0.2) is 22.1 Å².